The van der Waals surface area contributed by atoms with Gasteiger partial charge in [0.25, 0.3) is 5.91 Å². The molecule has 0 saturated heterocycles. The molecular weight excluding hydrogens is 381 g/mol. The summed E-state index contributed by atoms with van der Waals surface area (Å²) in [5, 5.41) is 4.20. The van der Waals surface area contributed by atoms with Crippen LogP contribution in [0.5, 0.6) is 11.5 Å². The van der Waals surface area contributed by atoms with Gasteiger partial charge in [-0.05, 0) is 35.9 Å². The number of hydrogen-bond acceptors (Lipinski definition) is 4. The van der Waals surface area contributed by atoms with Gasteiger partial charge in [0.05, 0.1) is 0 Å². The smallest absolute Gasteiger partial charge is 0.251 e. The van der Waals surface area contributed by atoms with E-state index in [-0.39, 0.29) is 5.91 Å². The fourth-order valence-corrected chi connectivity index (χ4v) is 3.76. The van der Waals surface area contributed by atoms with E-state index in [0.29, 0.717) is 46.9 Å². The quantitative estimate of drug-likeness (QED) is 0.732. The number of carbonyl (C=O) groups excluding carboxylic acids is 1. The number of fused-ring (bicyclic) bond motifs is 1. The van der Waals surface area contributed by atoms with E-state index in [1.165, 1.54) is 0 Å². The molecule has 25 heavy (non-hydrogen) atoms. The molecule has 0 fully saturated rings. The summed E-state index contributed by atoms with van der Waals surface area (Å²) in [5.41, 5.74) is 1.60. The Hall–Kier alpha value is -1.56. The number of hydrogen-bond donors (Lipinski definition) is 1. The SMILES string of the molecule is O=C(NCCSCc1ccc(Cl)cc1Cl)c1ccc2c(c1)OCCO2. The number of benzene rings is 2. The summed E-state index contributed by atoms with van der Waals surface area (Å²) in [6.07, 6.45) is 0. The molecule has 1 heterocycles. The minimum absolute atomic E-state index is 0.123. The Morgan fingerprint density at radius 1 is 1.08 bits per heavy atom. The normalized spacial score (nSPS) is 12.7. The Bertz CT molecular complexity index is 770. The van der Waals surface area contributed by atoms with Crippen LogP contribution in [0.2, 0.25) is 10.0 Å². The molecule has 0 spiro atoms. The lowest BCUT2D eigenvalue weighted by Crippen LogP contribution is -2.26. The number of halogens is 2. The minimum Gasteiger partial charge on any atom is -0.486 e. The van der Waals surface area contributed by atoms with E-state index in [1.807, 2.05) is 12.1 Å². The van der Waals surface area contributed by atoms with E-state index in [4.69, 9.17) is 32.7 Å². The molecule has 1 amide bonds. The topological polar surface area (TPSA) is 47.6 Å². The van der Waals surface area contributed by atoms with Crippen LogP contribution in [0.4, 0.5) is 0 Å². The molecule has 0 unspecified atom stereocenters. The second-order valence-corrected chi connectivity index (χ2v) is 7.35. The first-order valence-electron chi connectivity index (χ1n) is 7.83. The first-order valence-corrected chi connectivity index (χ1v) is 9.74. The largest absolute Gasteiger partial charge is 0.486 e. The first-order chi connectivity index (χ1) is 12.1. The molecular formula is C18H17Cl2NO3S. The molecule has 7 heteroatoms. The maximum absolute atomic E-state index is 12.2. The van der Waals surface area contributed by atoms with Crippen molar-refractivity contribution in [1.82, 2.24) is 5.32 Å². The Labute approximate surface area is 160 Å². The zero-order valence-electron chi connectivity index (χ0n) is 13.4. The Balaban J connectivity index is 1.43. The fourth-order valence-electron chi connectivity index (χ4n) is 2.34. The van der Waals surface area contributed by atoms with Crippen LogP contribution in [0.1, 0.15) is 15.9 Å². The molecule has 0 aromatic heterocycles. The predicted molar refractivity (Wildman–Crippen MR) is 102 cm³/mol. The monoisotopic (exact) mass is 397 g/mol. The van der Waals surface area contributed by atoms with E-state index in [1.54, 1.807) is 36.0 Å². The standard InChI is InChI=1S/C18H17Cl2NO3S/c19-14-3-1-13(15(20)10-14)11-25-8-5-21-18(22)12-2-4-16-17(9-12)24-7-6-23-16/h1-4,9-10H,5-8,11H2,(H,21,22). The number of rotatable bonds is 6. The van der Waals surface area contributed by atoms with Crippen LogP contribution in [-0.4, -0.2) is 31.4 Å². The summed E-state index contributed by atoms with van der Waals surface area (Å²) in [6.45, 7) is 1.61. The van der Waals surface area contributed by atoms with Crippen LogP contribution in [0, 0.1) is 0 Å². The van der Waals surface area contributed by atoms with Crippen LogP contribution in [0.15, 0.2) is 36.4 Å². The average molecular weight is 398 g/mol. The van der Waals surface area contributed by atoms with Gasteiger partial charge in [-0.2, -0.15) is 11.8 Å². The summed E-state index contributed by atoms with van der Waals surface area (Å²) in [7, 11) is 0. The van der Waals surface area contributed by atoms with Gasteiger partial charge >= 0.3 is 0 Å². The minimum atomic E-state index is -0.123. The van der Waals surface area contributed by atoms with Crippen molar-refractivity contribution in [2.24, 2.45) is 0 Å². The van der Waals surface area contributed by atoms with Crippen LogP contribution in [0.25, 0.3) is 0 Å². The highest BCUT2D eigenvalue weighted by atomic mass is 35.5. The lowest BCUT2D eigenvalue weighted by Gasteiger charge is -2.18. The highest BCUT2D eigenvalue weighted by Crippen LogP contribution is 2.30. The molecule has 132 valence electrons. The molecule has 2 aromatic carbocycles. The number of thioether (sulfide) groups is 1. The van der Waals surface area contributed by atoms with Crippen molar-refractivity contribution in [1.29, 1.82) is 0 Å². The Morgan fingerprint density at radius 3 is 2.68 bits per heavy atom. The zero-order chi connectivity index (χ0) is 17.6. The summed E-state index contributed by atoms with van der Waals surface area (Å²) in [5.74, 6) is 2.73. The van der Waals surface area contributed by atoms with Crippen molar-refractivity contribution in [3.63, 3.8) is 0 Å². The molecule has 2 aromatic rings. The van der Waals surface area contributed by atoms with Gasteiger partial charge in [-0.25, -0.2) is 0 Å². The summed E-state index contributed by atoms with van der Waals surface area (Å²) in [6, 6.07) is 10.7. The molecule has 1 N–H and O–H groups in total. The van der Waals surface area contributed by atoms with Gasteiger partial charge in [0.15, 0.2) is 11.5 Å². The van der Waals surface area contributed by atoms with E-state index in [2.05, 4.69) is 5.32 Å². The second-order valence-electron chi connectivity index (χ2n) is 5.40. The zero-order valence-corrected chi connectivity index (χ0v) is 15.7. The summed E-state index contributed by atoms with van der Waals surface area (Å²) in [4.78, 5) is 12.2. The van der Waals surface area contributed by atoms with Crippen LogP contribution >= 0.6 is 35.0 Å². The lowest BCUT2D eigenvalue weighted by atomic mass is 10.2. The van der Waals surface area contributed by atoms with Crippen molar-refractivity contribution >= 4 is 40.9 Å². The molecule has 0 radical (unpaired) electrons. The van der Waals surface area contributed by atoms with Gasteiger partial charge in [-0.3, -0.25) is 4.79 Å². The third-order valence-electron chi connectivity index (χ3n) is 3.61. The molecule has 0 atom stereocenters. The van der Waals surface area contributed by atoms with Crippen molar-refractivity contribution in [2.45, 2.75) is 5.75 Å². The van der Waals surface area contributed by atoms with Gasteiger partial charge in [0.1, 0.15) is 13.2 Å². The molecule has 0 aliphatic carbocycles. The van der Waals surface area contributed by atoms with E-state index < -0.39 is 0 Å². The highest BCUT2D eigenvalue weighted by Gasteiger charge is 2.14. The molecule has 1 aliphatic rings. The average Bonchev–Trinajstić information content (AvgIpc) is 2.62. The third kappa shape index (κ3) is 4.97. The van der Waals surface area contributed by atoms with E-state index >= 15 is 0 Å². The van der Waals surface area contributed by atoms with Crippen molar-refractivity contribution < 1.29 is 14.3 Å². The van der Waals surface area contributed by atoms with Crippen LogP contribution in [0.3, 0.4) is 0 Å². The molecule has 3 rings (SSSR count). The third-order valence-corrected chi connectivity index (χ3v) is 5.20. The Kier molecular flexibility index (Phi) is 6.34. The highest BCUT2D eigenvalue weighted by molar-refractivity contribution is 7.98. The van der Waals surface area contributed by atoms with Crippen molar-refractivity contribution in [2.75, 3.05) is 25.5 Å². The predicted octanol–water partition coefficient (Wildman–Crippen LogP) is 4.43. The van der Waals surface area contributed by atoms with Crippen molar-refractivity contribution in [3.8, 4) is 11.5 Å². The summed E-state index contributed by atoms with van der Waals surface area (Å²) >= 11 is 13.7. The maximum atomic E-state index is 12.2. The Morgan fingerprint density at radius 2 is 1.88 bits per heavy atom. The number of carbonyl (C=O) groups is 1. The van der Waals surface area contributed by atoms with Gasteiger partial charge in [0.2, 0.25) is 0 Å². The second kappa shape index (κ2) is 8.70. The van der Waals surface area contributed by atoms with Gasteiger partial charge < -0.3 is 14.8 Å². The first kappa shape index (κ1) is 18.2. The van der Waals surface area contributed by atoms with Gasteiger partial charge in [-0.15, -0.1) is 0 Å². The summed E-state index contributed by atoms with van der Waals surface area (Å²) < 4.78 is 10.9. The fraction of sp³-hybridized carbons (Fsp3) is 0.278. The maximum Gasteiger partial charge on any atom is 0.251 e. The molecule has 1 aliphatic heterocycles. The molecule has 4 nitrogen and oxygen atoms in total. The number of nitrogens with one attached hydrogen (secondary N) is 1. The molecule has 0 bridgehead atoms. The number of ether oxygens (including phenoxy) is 2. The van der Waals surface area contributed by atoms with Crippen LogP contribution in [-0.2, 0) is 5.75 Å². The number of amides is 1. The van der Waals surface area contributed by atoms with E-state index in [9.17, 15) is 4.79 Å². The van der Waals surface area contributed by atoms with E-state index in [0.717, 1.165) is 17.1 Å². The molecule has 0 saturated carbocycles. The van der Waals surface area contributed by atoms with Crippen molar-refractivity contribution in [3.05, 3.63) is 57.6 Å². The van der Waals surface area contributed by atoms with Crippen LogP contribution < -0.4 is 14.8 Å². The lowest BCUT2D eigenvalue weighted by molar-refractivity contribution is 0.0955. The van der Waals surface area contributed by atoms with Gasteiger partial charge in [0, 0.05) is 33.7 Å². The van der Waals surface area contributed by atoms with Gasteiger partial charge in [-0.1, -0.05) is 29.3 Å².